The summed E-state index contributed by atoms with van der Waals surface area (Å²) >= 11 is 0. The number of ether oxygens (including phenoxy) is 1. The van der Waals surface area contributed by atoms with Gasteiger partial charge >= 0.3 is 5.97 Å². The Morgan fingerprint density at radius 3 is 1.67 bits per heavy atom. The van der Waals surface area contributed by atoms with Gasteiger partial charge in [-0.2, -0.15) is 0 Å². The molecule has 0 spiro atoms. The third-order valence-corrected chi connectivity index (χ3v) is 4.90. The van der Waals surface area contributed by atoms with Crippen LogP contribution in [-0.4, -0.2) is 12.6 Å². The smallest absolute Gasteiger partial charge is 0.324 e. The number of cyclic esters (lactones) is 1. The summed E-state index contributed by atoms with van der Waals surface area (Å²) in [6.07, 6.45) is 0. The van der Waals surface area contributed by atoms with Crippen LogP contribution >= 0.6 is 0 Å². The molecule has 3 rings (SSSR count). The molecule has 2 aromatic rings. The maximum absolute atomic E-state index is 12.5. The molecule has 0 N–H and O–H groups in total. The second-order valence-corrected chi connectivity index (χ2v) is 5.98. The summed E-state index contributed by atoms with van der Waals surface area (Å²) in [5.74, 6) is -0.134. The van der Waals surface area contributed by atoms with E-state index in [2.05, 4.69) is 52.0 Å². The normalized spacial score (nSPS) is 16.3. The van der Waals surface area contributed by atoms with Crippen LogP contribution in [0, 0.1) is 27.7 Å². The van der Waals surface area contributed by atoms with Crippen molar-refractivity contribution in [2.75, 3.05) is 6.61 Å². The lowest BCUT2D eigenvalue weighted by atomic mass is 9.68. The fraction of sp³-hybridized carbons (Fsp3) is 0.316. The molecule has 0 aliphatic carbocycles. The molecule has 1 aliphatic heterocycles. The molecular formula is C19H20O2. The Labute approximate surface area is 125 Å². The van der Waals surface area contributed by atoms with Crippen molar-refractivity contribution in [1.82, 2.24) is 0 Å². The highest BCUT2D eigenvalue weighted by atomic mass is 16.6. The van der Waals surface area contributed by atoms with Gasteiger partial charge in [0.25, 0.3) is 0 Å². The van der Waals surface area contributed by atoms with Crippen LogP contribution in [0.25, 0.3) is 0 Å². The highest BCUT2D eigenvalue weighted by Gasteiger charge is 2.53. The summed E-state index contributed by atoms with van der Waals surface area (Å²) in [6.45, 7) is 8.77. The first-order chi connectivity index (χ1) is 9.98. The summed E-state index contributed by atoms with van der Waals surface area (Å²) in [5, 5.41) is 0. The lowest BCUT2D eigenvalue weighted by Crippen LogP contribution is -2.53. The third kappa shape index (κ3) is 1.82. The molecule has 1 saturated heterocycles. The van der Waals surface area contributed by atoms with Crippen molar-refractivity contribution in [3.63, 3.8) is 0 Å². The molecule has 0 bridgehead atoms. The zero-order valence-corrected chi connectivity index (χ0v) is 13.0. The van der Waals surface area contributed by atoms with Crippen LogP contribution in [0.3, 0.4) is 0 Å². The maximum Gasteiger partial charge on any atom is 0.324 e. The van der Waals surface area contributed by atoms with Gasteiger partial charge in [-0.3, -0.25) is 4.79 Å². The largest absolute Gasteiger partial charge is 0.463 e. The predicted octanol–water partition coefficient (Wildman–Crippen LogP) is 3.76. The van der Waals surface area contributed by atoms with Gasteiger partial charge in [0.15, 0.2) is 5.41 Å². The number of hydrogen-bond donors (Lipinski definition) is 0. The number of hydrogen-bond acceptors (Lipinski definition) is 2. The first kappa shape index (κ1) is 13.9. The van der Waals surface area contributed by atoms with E-state index >= 15 is 0 Å². The predicted molar refractivity (Wildman–Crippen MR) is 83.6 cm³/mol. The Morgan fingerprint density at radius 1 is 0.857 bits per heavy atom. The van der Waals surface area contributed by atoms with Crippen molar-refractivity contribution < 1.29 is 9.53 Å². The summed E-state index contributed by atoms with van der Waals surface area (Å²) in [4.78, 5) is 12.5. The molecule has 1 aliphatic rings. The van der Waals surface area contributed by atoms with Crippen molar-refractivity contribution in [2.45, 2.75) is 33.1 Å². The molecule has 0 amide bonds. The second kappa shape index (κ2) is 4.73. The van der Waals surface area contributed by atoms with Crippen LogP contribution in [0.1, 0.15) is 33.4 Å². The summed E-state index contributed by atoms with van der Waals surface area (Å²) in [6, 6.07) is 12.3. The standard InChI is InChI=1S/C19H20O2/c1-12-7-5-9-16(14(12)3)19(11-21-18(19)20)17-10-6-8-13(2)15(17)4/h5-10H,11H2,1-4H3. The van der Waals surface area contributed by atoms with Gasteiger partial charge < -0.3 is 4.74 Å². The van der Waals surface area contributed by atoms with E-state index in [0.717, 1.165) is 11.1 Å². The van der Waals surface area contributed by atoms with Gasteiger partial charge in [-0.05, 0) is 61.1 Å². The Bertz CT molecular complexity index is 677. The van der Waals surface area contributed by atoms with Crippen LogP contribution in [0.5, 0.6) is 0 Å². The average molecular weight is 280 g/mol. The topological polar surface area (TPSA) is 26.3 Å². The number of carbonyl (C=O) groups is 1. The van der Waals surface area contributed by atoms with Gasteiger partial charge in [0, 0.05) is 0 Å². The molecule has 1 heterocycles. The van der Waals surface area contributed by atoms with E-state index < -0.39 is 5.41 Å². The lowest BCUT2D eigenvalue weighted by Gasteiger charge is -2.42. The van der Waals surface area contributed by atoms with Crippen LogP contribution < -0.4 is 0 Å². The monoisotopic (exact) mass is 280 g/mol. The second-order valence-electron chi connectivity index (χ2n) is 5.98. The number of esters is 1. The molecule has 0 saturated carbocycles. The number of aryl methyl sites for hydroxylation is 2. The Balaban J connectivity index is 2.29. The van der Waals surface area contributed by atoms with E-state index in [-0.39, 0.29) is 5.97 Å². The molecular weight excluding hydrogens is 260 g/mol. The van der Waals surface area contributed by atoms with Gasteiger partial charge in [0.2, 0.25) is 0 Å². The van der Waals surface area contributed by atoms with E-state index in [0.29, 0.717) is 6.61 Å². The zero-order valence-electron chi connectivity index (χ0n) is 13.0. The third-order valence-electron chi connectivity index (χ3n) is 4.90. The van der Waals surface area contributed by atoms with Gasteiger partial charge in [-0.15, -0.1) is 0 Å². The van der Waals surface area contributed by atoms with Gasteiger partial charge in [-0.1, -0.05) is 36.4 Å². The van der Waals surface area contributed by atoms with Crippen molar-refractivity contribution in [1.29, 1.82) is 0 Å². The van der Waals surface area contributed by atoms with Crippen molar-refractivity contribution in [3.05, 3.63) is 69.8 Å². The summed E-state index contributed by atoms with van der Waals surface area (Å²) in [5.41, 5.74) is 6.28. The van der Waals surface area contributed by atoms with Crippen molar-refractivity contribution >= 4 is 5.97 Å². The number of benzene rings is 2. The minimum Gasteiger partial charge on any atom is -0.463 e. The Hall–Kier alpha value is -2.09. The maximum atomic E-state index is 12.5. The van der Waals surface area contributed by atoms with Crippen LogP contribution in [-0.2, 0) is 14.9 Å². The molecule has 1 fully saturated rings. The SMILES string of the molecule is Cc1cccc(C2(c3cccc(C)c3C)COC2=O)c1C. The van der Waals surface area contributed by atoms with Crippen molar-refractivity contribution in [3.8, 4) is 0 Å². The minimum absolute atomic E-state index is 0.134. The summed E-state index contributed by atoms with van der Waals surface area (Å²) in [7, 11) is 0. The fourth-order valence-electron chi connectivity index (χ4n) is 3.22. The lowest BCUT2D eigenvalue weighted by molar-refractivity contribution is -0.169. The molecule has 2 nitrogen and oxygen atoms in total. The van der Waals surface area contributed by atoms with Crippen molar-refractivity contribution in [2.24, 2.45) is 0 Å². The van der Waals surface area contributed by atoms with Crippen LogP contribution in [0.15, 0.2) is 36.4 Å². The number of rotatable bonds is 2. The van der Waals surface area contributed by atoms with Gasteiger partial charge in [0.1, 0.15) is 6.61 Å². The molecule has 2 heteroatoms. The molecule has 0 atom stereocenters. The minimum atomic E-state index is -0.633. The Kier molecular flexibility index (Phi) is 3.12. The molecule has 2 aromatic carbocycles. The van der Waals surface area contributed by atoms with Gasteiger partial charge in [0.05, 0.1) is 0 Å². The molecule has 0 aromatic heterocycles. The molecule has 21 heavy (non-hydrogen) atoms. The average Bonchev–Trinajstić information content (AvgIpc) is 2.46. The Morgan fingerprint density at radius 2 is 1.33 bits per heavy atom. The fourth-order valence-corrected chi connectivity index (χ4v) is 3.22. The van der Waals surface area contributed by atoms with Crippen LogP contribution in [0.2, 0.25) is 0 Å². The number of carbonyl (C=O) groups excluding carboxylic acids is 1. The van der Waals surface area contributed by atoms with E-state index in [4.69, 9.17) is 4.74 Å². The zero-order chi connectivity index (χ0) is 15.2. The highest BCUT2D eigenvalue weighted by molar-refractivity contribution is 5.93. The van der Waals surface area contributed by atoms with Crippen LogP contribution in [0.4, 0.5) is 0 Å². The molecule has 0 unspecified atom stereocenters. The highest BCUT2D eigenvalue weighted by Crippen LogP contribution is 2.44. The molecule has 108 valence electrons. The summed E-state index contributed by atoms with van der Waals surface area (Å²) < 4.78 is 5.21. The van der Waals surface area contributed by atoms with E-state index in [9.17, 15) is 4.79 Å². The van der Waals surface area contributed by atoms with E-state index in [1.54, 1.807) is 0 Å². The van der Waals surface area contributed by atoms with E-state index in [1.165, 1.54) is 22.3 Å². The quantitative estimate of drug-likeness (QED) is 0.783. The van der Waals surface area contributed by atoms with Gasteiger partial charge in [-0.25, -0.2) is 0 Å². The molecule has 0 radical (unpaired) electrons. The first-order valence-electron chi connectivity index (χ1n) is 7.29. The van der Waals surface area contributed by atoms with E-state index in [1.807, 2.05) is 12.1 Å². The first-order valence-corrected chi connectivity index (χ1v) is 7.29.